The molecule has 1 saturated heterocycles. The highest BCUT2D eigenvalue weighted by atomic mass is 16.6. The Labute approximate surface area is 173 Å². The third-order valence-electron chi connectivity index (χ3n) is 4.99. The quantitative estimate of drug-likeness (QED) is 0.722. The highest BCUT2D eigenvalue weighted by molar-refractivity contribution is 5.75. The number of ether oxygens (including phenoxy) is 1. The van der Waals surface area contributed by atoms with Gasteiger partial charge in [-0.1, -0.05) is 60.7 Å². The average molecular weight is 395 g/mol. The number of nitrogens with zero attached hydrogens (tertiary/aromatic N) is 2. The van der Waals surface area contributed by atoms with E-state index in [0.717, 1.165) is 18.4 Å². The maximum absolute atomic E-state index is 13.0. The van der Waals surface area contributed by atoms with Crippen LogP contribution in [0.5, 0.6) is 0 Å². The normalized spacial score (nSPS) is 20.3. The number of carbonyl (C=O) groups excluding carboxylic acids is 2. The molecule has 0 aliphatic carbocycles. The summed E-state index contributed by atoms with van der Waals surface area (Å²) < 4.78 is 5.64. The third-order valence-corrected chi connectivity index (χ3v) is 4.99. The van der Waals surface area contributed by atoms with Crippen molar-refractivity contribution in [1.29, 1.82) is 0 Å². The predicted octanol–water partition coefficient (Wildman–Crippen LogP) is 3.92. The number of piperazine rings is 1. The minimum atomic E-state index is -0.608. The molecule has 1 fully saturated rings. The minimum absolute atomic E-state index is 0.139. The number of hydrogen-bond donors (Lipinski definition) is 0. The number of benzene rings is 2. The molecule has 154 valence electrons. The van der Waals surface area contributed by atoms with Crippen molar-refractivity contribution in [2.75, 3.05) is 13.1 Å². The zero-order valence-electron chi connectivity index (χ0n) is 17.5. The highest BCUT2D eigenvalue weighted by Crippen LogP contribution is 2.23. The molecule has 5 heteroatoms. The number of hydrogen-bond acceptors (Lipinski definition) is 4. The molecular formula is C24H30N2O3. The van der Waals surface area contributed by atoms with E-state index in [4.69, 9.17) is 4.74 Å². The molecule has 0 unspecified atom stereocenters. The predicted molar refractivity (Wildman–Crippen MR) is 114 cm³/mol. The Kier molecular flexibility index (Phi) is 6.70. The number of carbonyl (C=O) groups is 2. The Morgan fingerprint density at radius 3 is 2.14 bits per heavy atom. The van der Waals surface area contributed by atoms with Gasteiger partial charge in [0.05, 0.1) is 6.04 Å². The van der Waals surface area contributed by atoms with Crippen LogP contribution in [0.25, 0.3) is 0 Å². The van der Waals surface area contributed by atoms with Gasteiger partial charge >= 0.3 is 6.09 Å². The van der Waals surface area contributed by atoms with E-state index in [1.54, 1.807) is 4.90 Å². The largest absolute Gasteiger partial charge is 0.444 e. The first-order valence-corrected chi connectivity index (χ1v) is 10.1. The highest BCUT2D eigenvalue weighted by Gasteiger charge is 2.39. The van der Waals surface area contributed by atoms with Crippen LogP contribution in [0.4, 0.5) is 4.79 Å². The molecule has 2 aromatic carbocycles. The first-order valence-electron chi connectivity index (χ1n) is 10.1. The summed E-state index contributed by atoms with van der Waals surface area (Å²) in [6.07, 6.45) is 1.13. The van der Waals surface area contributed by atoms with Crippen molar-refractivity contribution in [3.05, 3.63) is 71.8 Å². The van der Waals surface area contributed by atoms with E-state index < -0.39 is 17.7 Å². The second-order valence-electron chi connectivity index (χ2n) is 8.61. The van der Waals surface area contributed by atoms with Crippen LogP contribution >= 0.6 is 0 Å². The van der Waals surface area contributed by atoms with Crippen molar-refractivity contribution in [2.45, 2.75) is 51.4 Å². The minimum Gasteiger partial charge on any atom is -0.444 e. The Balaban J connectivity index is 1.84. The van der Waals surface area contributed by atoms with E-state index in [2.05, 4.69) is 29.2 Å². The fraction of sp³-hybridized carbons (Fsp3) is 0.417. The van der Waals surface area contributed by atoms with Crippen LogP contribution in [-0.2, 0) is 22.5 Å². The molecule has 2 atom stereocenters. The lowest BCUT2D eigenvalue weighted by Crippen LogP contribution is -2.62. The summed E-state index contributed by atoms with van der Waals surface area (Å²) in [5.74, 6) is 0. The van der Waals surface area contributed by atoms with Crippen molar-refractivity contribution in [3.63, 3.8) is 0 Å². The van der Waals surface area contributed by atoms with E-state index in [1.165, 1.54) is 5.56 Å². The summed E-state index contributed by atoms with van der Waals surface area (Å²) in [5.41, 5.74) is 1.72. The Hall–Kier alpha value is -2.66. The van der Waals surface area contributed by atoms with Gasteiger partial charge in [0.1, 0.15) is 17.9 Å². The van der Waals surface area contributed by atoms with Gasteiger partial charge in [0.25, 0.3) is 0 Å². The van der Waals surface area contributed by atoms with Crippen LogP contribution in [0.2, 0.25) is 0 Å². The van der Waals surface area contributed by atoms with Crippen molar-refractivity contribution >= 4 is 12.4 Å². The summed E-state index contributed by atoms with van der Waals surface area (Å²) in [6.45, 7) is 7.48. The Morgan fingerprint density at radius 2 is 1.59 bits per heavy atom. The lowest BCUT2D eigenvalue weighted by atomic mass is 9.99. The lowest BCUT2D eigenvalue weighted by molar-refractivity contribution is -0.116. The monoisotopic (exact) mass is 394 g/mol. The first kappa shape index (κ1) is 21.1. The molecule has 0 bridgehead atoms. The van der Waals surface area contributed by atoms with E-state index in [1.807, 2.05) is 57.2 Å². The molecule has 0 saturated carbocycles. The molecule has 0 radical (unpaired) electrons. The van der Waals surface area contributed by atoms with Gasteiger partial charge in [-0.05, 0) is 38.3 Å². The Morgan fingerprint density at radius 1 is 1.00 bits per heavy atom. The number of rotatable bonds is 5. The molecule has 0 aromatic heterocycles. The van der Waals surface area contributed by atoms with Crippen LogP contribution in [-0.4, -0.2) is 53.0 Å². The number of aldehydes is 1. The first-order chi connectivity index (χ1) is 13.9. The van der Waals surface area contributed by atoms with Gasteiger partial charge in [0.2, 0.25) is 0 Å². The van der Waals surface area contributed by atoms with Gasteiger partial charge < -0.3 is 9.53 Å². The van der Waals surface area contributed by atoms with Crippen LogP contribution in [0.3, 0.4) is 0 Å². The molecule has 1 amide bonds. The van der Waals surface area contributed by atoms with E-state index in [0.29, 0.717) is 19.5 Å². The van der Waals surface area contributed by atoms with Gasteiger partial charge in [-0.3, -0.25) is 9.80 Å². The molecule has 1 aliphatic rings. The second kappa shape index (κ2) is 9.23. The lowest BCUT2D eigenvalue weighted by Gasteiger charge is -2.45. The standard InChI is InChI=1S/C24H30N2O3/c1-24(2,3)29-23(28)26-21(14-19-10-6-4-7-11-19)16-25(17-22(26)18-27)15-20-12-8-5-9-13-20/h4-13,18,21-22H,14-17H2,1-3H3/t21-,22+/m1/s1. The van der Waals surface area contributed by atoms with Gasteiger partial charge in [-0.15, -0.1) is 0 Å². The van der Waals surface area contributed by atoms with Crippen LogP contribution in [0, 0.1) is 0 Å². The fourth-order valence-corrected chi connectivity index (χ4v) is 3.81. The Bertz CT molecular complexity index is 802. The zero-order chi connectivity index (χ0) is 20.9. The smallest absolute Gasteiger partial charge is 0.411 e. The molecule has 3 rings (SSSR count). The average Bonchev–Trinajstić information content (AvgIpc) is 2.67. The van der Waals surface area contributed by atoms with Crippen molar-refractivity contribution in [2.24, 2.45) is 0 Å². The van der Waals surface area contributed by atoms with Gasteiger partial charge in [0.15, 0.2) is 0 Å². The van der Waals surface area contributed by atoms with Crippen molar-refractivity contribution < 1.29 is 14.3 Å². The maximum atomic E-state index is 13.0. The molecule has 5 nitrogen and oxygen atoms in total. The molecule has 0 spiro atoms. The summed E-state index contributed by atoms with van der Waals surface area (Å²) in [7, 11) is 0. The van der Waals surface area contributed by atoms with Crippen LogP contribution < -0.4 is 0 Å². The summed E-state index contributed by atoms with van der Waals surface area (Å²) in [4.78, 5) is 28.8. The fourth-order valence-electron chi connectivity index (χ4n) is 3.81. The molecule has 2 aromatic rings. The van der Waals surface area contributed by atoms with Gasteiger partial charge in [0, 0.05) is 19.6 Å². The molecule has 29 heavy (non-hydrogen) atoms. The SMILES string of the molecule is CC(C)(C)OC(=O)N1[C@H](Cc2ccccc2)CN(Cc2ccccc2)C[C@H]1C=O. The molecule has 1 aliphatic heterocycles. The third kappa shape index (κ3) is 5.91. The zero-order valence-corrected chi connectivity index (χ0v) is 17.5. The molecular weight excluding hydrogens is 364 g/mol. The van der Waals surface area contributed by atoms with Gasteiger partial charge in [-0.2, -0.15) is 0 Å². The summed E-state index contributed by atoms with van der Waals surface area (Å²) in [5, 5.41) is 0. The summed E-state index contributed by atoms with van der Waals surface area (Å²) in [6, 6.07) is 19.6. The van der Waals surface area contributed by atoms with Crippen LogP contribution in [0.15, 0.2) is 60.7 Å². The maximum Gasteiger partial charge on any atom is 0.411 e. The second-order valence-corrected chi connectivity index (χ2v) is 8.61. The number of amides is 1. The molecule has 1 heterocycles. The molecule has 0 N–H and O–H groups in total. The van der Waals surface area contributed by atoms with Crippen molar-refractivity contribution in [1.82, 2.24) is 9.80 Å². The van der Waals surface area contributed by atoms with Gasteiger partial charge in [-0.25, -0.2) is 4.79 Å². The van der Waals surface area contributed by atoms with E-state index in [9.17, 15) is 9.59 Å². The van der Waals surface area contributed by atoms with Crippen molar-refractivity contribution in [3.8, 4) is 0 Å². The van der Waals surface area contributed by atoms with E-state index >= 15 is 0 Å². The summed E-state index contributed by atoms with van der Waals surface area (Å²) >= 11 is 0. The topological polar surface area (TPSA) is 49.9 Å². The van der Waals surface area contributed by atoms with E-state index in [-0.39, 0.29) is 6.04 Å². The van der Waals surface area contributed by atoms with Crippen LogP contribution in [0.1, 0.15) is 31.9 Å².